The van der Waals surface area contributed by atoms with Crippen LogP contribution in [0.1, 0.15) is 59.7 Å². The van der Waals surface area contributed by atoms with Crippen LogP contribution in [-0.4, -0.2) is 45.7 Å². The van der Waals surface area contributed by atoms with Crippen molar-refractivity contribution in [3.8, 4) is 0 Å². The number of para-hydroxylation sites is 1. The summed E-state index contributed by atoms with van der Waals surface area (Å²) in [4.78, 5) is 34.7. The van der Waals surface area contributed by atoms with Crippen molar-refractivity contribution in [2.45, 2.75) is 57.0 Å². The van der Waals surface area contributed by atoms with Gasteiger partial charge in [-0.25, -0.2) is 0 Å². The molecular formula is C28H29N3O2. The molecule has 0 spiro atoms. The number of aryl methyl sites for hydroxylation is 2. The molecule has 1 saturated heterocycles. The summed E-state index contributed by atoms with van der Waals surface area (Å²) in [5.41, 5.74) is 7.34. The summed E-state index contributed by atoms with van der Waals surface area (Å²) in [7, 11) is 0. The number of hydrogen-bond donors (Lipinski definition) is 1. The molecule has 168 valence electrons. The Balaban J connectivity index is 1.38. The molecule has 3 aromatic rings. The lowest BCUT2D eigenvalue weighted by atomic mass is 9.83. The monoisotopic (exact) mass is 439 g/mol. The van der Waals surface area contributed by atoms with E-state index in [0.29, 0.717) is 12.3 Å². The number of carbonyl (C=O) groups excluding carboxylic acids is 2. The van der Waals surface area contributed by atoms with E-state index in [9.17, 15) is 9.59 Å². The molecule has 33 heavy (non-hydrogen) atoms. The zero-order valence-corrected chi connectivity index (χ0v) is 18.8. The number of hydrogen-bond acceptors (Lipinski definition) is 2. The number of rotatable bonds is 3. The van der Waals surface area contributed by atoms with Crippen molar-refractivity contribution in [3.05, 3.63) is 70.4 Å². The summed E-state index contributed by atoms with van der Waals surface area (Å²) in [6.07, 6.45) is 7.65. The Morgan fingerprint density at radius 2 is 1.79 bits per heavy atom. The van der Waals surface area contributed by atoms with Crippen molar-refractivity contribution in [1.82, 2.24) is 14.8 Å². The summed E-state index contributed by atoms with van der Waals surface area (Å²) >= 11 is 0. The van der Waals surface area contributed by atoms with Crippen LogP contribution in [0.2, 0.25) is 0 Å². The van der Waals surface area contributed by atoms with Gasteiger partial charge in [0.25, 0.3) is 0 Å². The Labute approximate surface area is 193 Å². The van der Waals surface area contributed by atoms with E-state index in [1.165, 1.54) is 47.8 Å². The minimum atomic E-state index is -0.419. The highest BCUT2D eigenvalue weighted by molar-refractivity contribution is 5.97. The average molecular weight is 440 g/mol. The van der Waals surface area contributed by atoms with Crippen molar-refractivity contribution in [2.75, 3.05) is 13.1 Å². The summed E-state index contributed by atoms with van der Waals surface area (Å²) in [6.45, 7) is 0.946. The molecular weight excluding hydrogens is 410 g/mol. The fraction of sp³-hybridized carbons (Fsp3) is 0.429. The predicted molar refractivity (Wildman–Crippen MR) is 127 cm³/mol. The van der Waals surface area contributed by atoms with Crippen molar-refractivity contribution >= 4 is 22.7 Å². The van der Waals surface area contributed by atoms with Crippen LogP contribution in [0.4, 0.5) is 0 Å². The van der Waals surface area contributed by atoms with Crippen LogP contribution in [0.15, 0.2) is 42.5 Å². The molecule has 2 aliphatic heterocycles. The van der Waals surface area contributed by atoms with Crippen LogP contribution in [-0.2, 0) is 28.9 Å². The molecule has 3 heterocycles. The van der Waals surface area contributed by atoms with Crippen LogP contribution in [0.3, 0.4) is 0 Å². The van der Waals surface area contributed by atoms with Crippen molar-refractivity contribution in [3.63, 3.8) is 0 Å². The van der Waals surface area contributed by atoms with Crippen molar-refractivity contribution in [2.24, 2.45) is 5.92 Å². The zero-order valence-electron chi connectivity index (χ0n) is 18.8. The highest BCUT2D eigenvalue weighted by Gasteiger charge is 2.48. The Hall–Kier alpha value is -3.08. The highest BCUT2D eigenvalue weighted by atomic mass is 16.2. The minimum absolute atomic E-state index is 0.0762. The van der Waals surface area contributed by atoms with Gasteiger partial charge in [-0.05, 0) is 72.8 Å². The van der Waals surface area contributed by atoms with Gasteiger partial charge in [-0.15, -0.1) is 0 Å². The quantitative estimate of drug-likeness (QED) is 0.667. The third-order valence-electron chi connectivity index (χ3n) is 8.21. The Bertz CT molecular complexity index is 1290. The van der Waals surface area contributed by atoms with Crippen LogP contribution < -0.4 is 0 Å². The standard InChI is InChI=1S/C28H29N3O2/c32-25-16-30(15-17-9-10-17)28(33)24-14-22-21-7-3-4-8-23(21)29-26(22)27(31(24)25)20-12-11-18-5-1-2-6-19(18)13-20/h3-4,7-8,11-13,17,24,27,29H,1-2,5-6,9-10,14-16H2/t24-,27-/m0/s1. The van der Waals surface area contributed by atoms with E-state index in [2.05, 4.69) is 41.4 Å². The second kappa shape index (κ2) is 7.21. The normalized spacial score (nSPS) is 24.6. The SMILES string of the molecule is O=C1[C@@H]2Cc3c([nH]c4ccccc34)[C@H](c3ccc4c(c3)CCCC4)N2C(=O)CN1CC1CC1. The van der Waals surface area contributed by atoms with E-state index in [0.717, 1.165) is 36.2 Å². The van der Waals surface area contributed by atoms with Gasteiger partial charge in [0.2, 0.25) is 11.8 Å². The predicted octanol–water partition coefficient (Wildman–Crippen LogP) is 4.14. The number of carbonyl (C=O) groups is 2. The lowest BCUT2D eigenvalue weighted by Crippen LogP contribution is -2.63. The molecule has 1 aromatic heterocycles. The Morgan fingerprint density at radius 3 is 2.64 bits per heavy atom. The molecule has 4 aliphatic rings. The van der Waals surface area contributed by atoms with Gasteiger partial charge in [-0.1, -0.05) is 36.4 Å². The number of fused-ring (bicyclic) bond motifs is 5. The maximum absolute atomic E-state index is 13.7. The third kappa shape index (κ3) is 3.05. The van der Waals surface area contributed by atoms with Gasteiger partial charge in [0, 0.05) is 29.6 Å². The van der Waals surface area contributed by atoms with Crippen LogP contribution in [0.5, 0.6) is 0 Å². The molecule has 1 N–H and O–H groups in total. The molecule has 2 aliphatic carbocycles. The first kappa shape index (κ1) is 19.4. The second-order valence-electron chi connectivity index (χ2n) is 10.4. The topological polar surface area (TPSA) is 56.4 Å². The molecule has 0 bridgehead atoms. The molecule has 7 rings (SSSR count). The van der Waals surface area contributed by atoms with E-state index >= 15 is 0 Å². The summed E-state index contributed by atoms with van der Waals surface area (Å²) in [6, 6.07) is 14.4. The molecule has 0 radical (unpaired) electrons. The van der Waals surface area contributed by atoms with E-state index in [1.54, 1.807) is 0 Å². The van der Waals surface area contributed by atoms with E-state index in [-0.39, 0.29) is 24.4 Å². The number of nitrogens with zero attached hydrogens (tertiary/aromatic N) is 2. The summed E-state index contributed by atoms with van der Waals surface area (Å²) in [5, 5.41) is 1.18. The van der Waals surface area contributed by atoms with E-state index in [4.69, 9.17) is 0 Å². The summed E-state index contributed by atoms with van der Waals surface area (Å²) in [5.74, 6) is 0.782. The van der Waals surface area contributed by atoms with Gasteiger partial charge >= 0.3 is 0 Å². The van der Waals surface area contributed by atoms with E-state index in [1.807, 2.05) is 15.9 Å². The second-order valence-corrected chi connectivity index (χ2v) is 10.4. The van der Waals surface area contributed by atoms with Crippen LogP contribution >= 0.6 is 0 Å². The molecule has 5 nitrogen and oxygen atoms in total. The largest absolute Gasteiger partial charge is 0.356 e. The number of piperazine rings is 1. The summed E-state index contributed by atoms with van der Waals surface area (Å²) < 4.78 is 0. The van der Waals surface area contributed by atoms with Gasteiger partial charge < -0.3 is 14.8 Å². The van der Waals surface area contributed by atoms with Gasteiger partial charge in [0.1, 0.15) is 6.04 Å². The molecule has 2 atom stereocenters. The number of H-pyrrole nitrogens is 1. The lowest BCUT2D eigenvalue weighted by Gasteiger charge is -2.47. The smallest absolute Gasteiger partial charge is 0.246 e. The van der Waals surface area contributed by atoms with Crippen molar-refractivity contribution in [1.29, 1.82) is 0 Å². The molecule has 2 fully saturated rings. The number of aromatic amines is 1. The van der Waals surface area contributed by atoms with E-state index < -0.39 is 6.04 Å². The number of aromatic nitrogens is 1. The van der Waals surface area contributed by atoms with Gasteiger partial charge in [-0.3, -0.25) is 9.59 Å². The fourth-order valence-corrected chi connectivity index (χ4v) is 6.36. The maximum atomic E-state index is 13.7. The maximum Gasteiger partial charge on any atom is 0.246 e. The molecule has 0 unspecified atom stereocenters. The Morgan fingerprint density at radius 1 is 0.970 bits per heavy atom. The zero-order chi connectivity index (χ0) is 22.1. The first-order valence-corrected chi connectivity index (χ1v) is 12.5. The average Bonchev–Trinajstić information content (AvgIpc) is 3.58. The highest BCUT2D eigenvalue weighted by Crippen LogP contribution is 2.43. The first-order valence-electron chi connectivity index (χ1n) is 12.5. The van der Waals surface area contributed by atoms with Gasteiger partial charge in [0.05, 0.1) is 12.6 Å². The first-order chi connectivity index (χ1) is 16.2. The van der Waals surface area contributed by atoms with Crippen LogP contribution in [0.25, 0.3) is 10.9 Å². The molecule has 2 aromatic carbocycles. The minimum Gasteiger partial charge on any atom is -0.356 e. The third-order valence-corrected chi connectivity index (χ3v) is 8.21. The van der Waals surface area contributed by atoms with Gasteiger partial charge in [-0.2, -0.15) is 0 Å². The Kier molecular flexibility index (Phi) is 4.24. The number of amides is 2. The van der Waals surface area contributed by atoms with Crippen LogP contribution in [0, 0.1) is 5.92 Å². The fourth-order valence-electron chi connectivity index (χ4n) is 6.36. The molecule has 1 saturated carbocycles. The number of benzene rings is 2. The number of nitrogens with one attached hydrogen (secondary N) is 1. The van der Waals surface area contributed by atoms with Crippen molar-refractivity contribution < 1.29 is 9.59 Å². The lowest BCUT2D eigenvalue weighted by molar-refractivity contribution is -0.158. The molecule has 2 amide bonds. The van der Waals surface area contributed by atoms with Gasteiger partial charge in [0.15, 0.2) is 0 Å². The molecule has 5 heteroatoms.